The van der Waals surface area contributed by atoms with E-state index in [1.54, 1.807) is 6.92 Å². The van der Waals surface area contributed by atoms with Crippen LogP contribution in [0.1, 0.15) is 52.9 Å². The number of likely N-dealkylation sites (tertiary alicyclic amines) is 1. The summed E-state index contributed by atoms with van der Waals surface area (Å²) in [6, 6.07) is 0. The van der Waals surface area contributed by atoms with E-state index in [2.05, 4.69) is 24.1 Å². The molecule has 0 unspecified atom stereocenters. The molecule has 0 aromatic heterocycles. The zero-order valence-corrected chi connectivity index (χ0v) is 14.4. The van der Waals surface area contributed by atoms with Crippen molar-refractivity contribution in [1.29, 1.82) is 0 Å². The van der Waals surface area contributed by atoms with E-state index < -0.39 is 0 Å². The molecule has 0 aromatic rings. The lowest BCUT2D eigenvalue weighted by atomic mass is 9.92. The molecular weight excluding hydrogens is 278 g/mol. The first-order chi connectivity index (χ1) is 10.3. The van der Waals surface area contributed by atoms with Crippen LogP contribution in [0.3, 0.4) is 0 Å². The molecule has 1 aliphatic heterocycles. The molecule has 0 aromatic carbocycles. The minimum Gasteiger partial charge on any atom is -0.369 e. The average Bonchev–Trinajstić information content (AvgIpc) is 2.70. The molecule has 0 saturated carbocycles. The fraction of sp³-hybridized carbons (Fsp3) is 0.824. The number of nitrogens with two attached hydrogens (primary N) is 1. The van der Waals surface area contributed by atoms with Gasteiger partial charge in [-0.15, -0.1) is 0 Å². The largest absolute Gasteiger partial charge is 0.369 e. The van der Waals surface area contributed by atoms with E-state index in [-0.39, 0.29) is 23.1 Å². The van der Waals surface area contributed by atoms with Gasteiger partial charge in [0.2, 0.25) is 11.8 Å². The zero-order valence-electron chi connectivity index (χ0n) is 14.4. The van der Waals surface area contributed by atoms with Gasteiger partial charge < -0.3 is 16.0 Å². The van der Waals surface area contributed by atoms with Crippen molar-refractivity contribution in [2.75, 3.05) is 26.2 Å². The van der Waals surface area contributed by atoms with Gasteiger partial charge in [0.15, 0.2) is 0 Å². The van der Waals surface area contributed by atoms with Gasteiger partial charge in [0.25, 0.3) is 0 Å². The Balaban J connectivity index is 2.28. The second-order valence-corrected chi connectivity index (χ2v) is 7.32. The van der Waals surface area contributed by atoms with E-state index in [0.29, 0.717) is 13.0 Å². The minimum atomic E-state index is -0.370. The monoisotopic (exact) mass is 310 g/mol. The Morgan fingerprint density at radius 3 is 2.36 bits per heavy atom. The lowest BCUT2D eigenvalue weighted by Gasteiger charge is -2.32. The maximum absolute atomic E-state index is 11.8. The summed E-state index contributed by atoms with van der Waals surface area (Å²) in [5, 5.41) is 2.95. The molecule has 127 valence electrons. The van der Waals surface area contributed by atoms with Gasteiger partial charge in [-0.3, -0.25) is 9.59 Å². The first kappa shape index (κ1) is 18.9. The lowest BCUT2D eigenvalue weighted by molar-refractivity contribution is -0.121. The van der Waals surface area contributed by atoms with E-state index in [9.17, 15) is 9.59 Å². The van der Waals surface area contributed by atoms with Gasteiger partial charge in [-0.25, -0.2) is 0 Å². The molecule has 5 heteroatoms. The number of amides is 2. The SMILES string of the molecule is C[C@@H](C[CH]C(=O)NCC(C)(C)CN1CCCCCC1)C(N)=O. The van der Waals surface area contributed by atoms with Crippen molar-refractivity contribution in [2.45, 2.75) is 52.9 Å². The van der Waals surface area contributed by atoms with Crippen molar-refractivity contribution in [2.24, 2.45) is 17.1 Å². The van der Waals surface area contributed by atoms with Crippen LogP contribution in [0.5, 0.6) is 0 Å². The van der Waals surface area contributed by atoms with E-state index in [1.165, 1.54) is 45.2 Å². The normalized spacial score (nSPS) is 18.5. The molecule has 0 spiro atoms. The molecule has 1 saturated heterocycles. The highest BCUT2D eigenvalue weighted by Gasteiger charge is 2.23. The third-order valence-corrected chi connectivity index (χ3v) is 4.23. The van der Waals surface area contributed by atoms with Gasteiger partial charge in [-0.1, -0.05) is 33.6 Å². The van der Waals surface area contributed by atoms with Crippen LogP contribution in [0.25, 0.3) is 0 Å². The third-order valence-electron chi connectivity index (χ3n) is 4.23. The average molecular weight is 310 g/mol. The second-order valence-electron chi connectivity index (χ2n) is 7.32. The van der Waals surface area contributed by atoms with Gasteiger partial charge in [-0.2, -0.15) is 0 Å². The molecule has 0 aliphatic carbocycles. The van der Waals surface area contributed by atoms with Crippen molar-refractivity contribution >= 4 is 11.8 Å². The summed E-state index contributed by atoms with van der Waals surface area (Å²) in [4.78, 5) is 25.3. The Morgan fingerprint density at radius 2 is 1.82 bits per heavy atom. The maximum atomic E-state index is 11.8. The van der Waals surface area contributed by atoms with E-state index >= 15 is 0 Å². The summed E-state index contributed by atoms with van der Waals surface area (Å²) >= 11 is 0. The number of primary amides is 1. The van der Waals surface area contributed by atoms with Crippen LogP contribution in [-0.4, -0.2) is 42.9 Å². The lowest BCUT2D eigenvalue weighted by Crippen LogP contribution is -2.42. The molecule has 1 fully saturated rings. The van der Waals surface area contributed by atoms with Crippen LogP contribution < -0.4 is 11.1 Å². The van der Waals surface area contributed by atoms with Crippen LogP contribution in [0, 0.1) is 17.8 Å². The summed E-state index contributed by atoms with van der Waals surface area (Å²) in [5.74, 6) is -0.779. The van der Waals surface area contributed by atoms with Gasteiger partial charge in [0, 0.05) is 19.0 Å². The molecule has 1 aliphatic rings. The second kappa shape index (κ2) is 9.13. The number of rotatable bonds is 8. The molecule has 2 amide bonds. The molecule has 3 N–H and O–H groups in total. The molecule has 1 atom stereocenters. The molecule has 5 nitrogen and oxygen atoms in total. The number of carbonyl (C=O) groups excluding carboxylic acids is 2. The number of nitrogens with zero attached hydrogens (tertiary/aromatic N) is 1. The summed E-state index contributed by atoms with van der Waals surface area (Å²) in [6.07, 6.45) is 7.15. The first-order valence-corrected chi connectivity index (χ1v) is 8.43. The predicted octanol–water partition coefficient (Wildman–Crippen LogP) is 1.72. The quantitative estimate of drug-likeness (QED) is 0.717. The van der Waals surface area contributed by atoms with E-state index in [4.69, 9.17) is 5.73 Å². The Morgan fingerprint density at radius 1 is 1.23 bits per heavy atom. The number of nitrogens with one attached hydrogen (secondary N) is 1. The molecule has 22 heavy (non-hydrogen) atoms. The van der Waals surface area contributed by atoms with Crippen molar-refractivity contribution in [3.63, 3.8) is 0 Å². The third kappa shape index (κ3) is 7.78. The highest BCUT2D eigenvalue weighted by Crippen LogP contribution is 2.19. The van der Waals surface area contributed by atoms with Crippen LogP contribution in [0.4, 0.5) is 0 Å². The van der Waals surface area contributed by atoms with Crippen molar-refractivity contribution in [3.8, 4) is 0 Å². The van der Waals surface area contributed by atoms with Gasteiger partial charge in [-0.05, 0) is 37.8 Å². The van der Waals surface area contributed by atoms with Crippen LogP contribution in [0.15, 0.2) is 0 Å². The van der Waals surface area contributed by atoms with E-state index in [0.717, 1.165) is 6.54 Å². The topological polar surface area (TPSA) is 75.4 Å². The predicted molar refractivity (Wildman–Crippen MR) is 89.0 cm³/mol. The summed E-state index contributed by atoms with van der Waals surface area (Å²) in [7, 11) is 0. The Bertz CT molecular complexity index is 361. The van der Waals surface area contributed by atoms with Gasteiger partial charge in [0.05, 0.1) is 6.42 Å². The van der Waals surface area contributed by atoms with Gasteiger partial charge >= 0.3 is 0 Å². The van der Waals surface area contributed by atoms with Crippen LogP contribution >= 0.6 is 0 Å². The number of carbonyl (C=O) groups is 2. The number of hydrogen-bond donors (Lipinski definition) is 2. The highest BCUT2D eigenvalue weighted by molar-refractivity contribution is 5.86. The van der Waals surface area contributed by atoms with Crippen LogP contribution in [0.2, 0.25) is 0 Å². The standard InChI is InChI=1S/C17H32N3O2/c1-14(16(18)22)8-9-15(21)19-12-17(2,3)13-20-10-6-4-5-7-11-20/h9,14H,4-8,10-13H2,1-3H3,(H2,18,22)(H,19,21)/t14-/m0/s1. The fourth-order valence-electron chi connectivity index (χ4n) is 2.75. The highest BCUT2D eigenvalue weighted by atomic mass is 16.2. The number of hydrogen-bond acceptors (Lipinski definition) is 3. The molecule has 1 rings (SSSR count). The Labute approximate surface area is 135 Å². The molecule has 1 heterocycles. The molecule has 1 radical (unpaired) electrons. The molecular formula is C17H32N3O2. The van der Waals surface area contributed by atoms with Crippen molar-refractivity contribution in [3.05, 3.63) is 6.42 Å². The fourth-order valence-corrected chi connectivity index (χ4v) is 2.75. The molecule has 0 bridgehead atoms. The Hall–Kier alpha value is -1.10. The Kier molecular flexibility index (Phi) is 7.87. The summed E-state index contributed by atoms with van der Waals surface area (Å²) < 4.78 is 0. The summed E-state index contributed by atoms with van der Waals surface area (Å²) in [5.41, 5.74) is 5.23. The zero-order chi connectivity index (χ0) is 16.6. The van der Waals surface area contributed by atoms with E-state index in [1.807, 2.05) is 0 Å². The first-order valence-electron chi connectivity index (χ1n) is 8.43. The smallest absolute Gasteiger partial charge is 0.223 e. The summed E-state index contributed by atoms with van der Waals surface area (Å²) in [6.45, 7) is 10.1. The van der Waals surface area contributed by atoms with Crippen molar-refractivity contribution in [1.82, 2.24) is 10.2 Å². The van der Waals surface area contributed by atoms with Crippen LogP contribution in [-0.2, 0) is 9.59 Å². The minimum absolute atomic E-state index is 0.0448. The maximum Gasteiger partial charge on any atom is 0.223 e. The van der Waals surface area contributed by atoms with Crippen molar-refractivity contribution < 1.29 is 9.59 Å². The van der Waals surface area contributed by atoms with Gasteiger partial charge in [0.1, 0.15) is 0 Å².